The summed E-state index contributed by atoms with van der Waals surface area (Å²) in [5.41, 5.74) is 4.99. The maximum absolute atomic E-state index is 15.2. The molecule has 0 bridgehead atoms. The van der Waals surface area contributed by atoms with Crippen LogP contribution in [0, 0.1) is 31.3 Å². The van der Waals surface area contributed by atoms with E-state index >= 15 is 4.39 Å². The minimum atomic E-state index is -2.89. The summed E-state index contributed by atoms with van der Waals surface area (Å²) in [6.45, 7) is 3.74. The van der Waals surface area contributed by atoms with Crippen molar-refractivity contribution in [1.82, 2.24) is 57.8 Å². The van der Waals surface area contributed by atoms with Crippen LogP contribution in [-0.2, 0) is 28.2 Å². The average molecular weight is 888 g/mol. The Morgan fingerprint density at radius 1 is 0.554 bits per heavy atom. The lowest BCUT2D eigenvalue weighted by molar-refractivity contribution is 0.406. The largest absolute Gasteiger partial charge is 0.496 e. The molecule has 330 valence electrons. The molecule has 0 aliphatic carbocycles. The molecule has 2 aromatic carbocycles. The maximum Gasteiger partial charge on any atom is 0.333 e. The Hall–Kier alpha value is -8.29. The third-order valence-electron chi connectivity index (χ3n) is 11.2. The number of hydrogen-bond donors (Lipinski definition) is 0. The van der Waals surface area contributed by atoms with E-state index in [-0.39, 0.29) is 5.69 Å². The van der Waals surface area contributed by atoms with Gasteiger partial charge < -0.3 is 14.2 Å². The normalized spacial score (nSPS) is 12.4. The van der Waals surface area contributed by atoms with Gasteiger partial charge in [-0.2, -0.15) is 10.2 Å². The van der Waals surface area contributed by atoms with Crippen LogP contribution in [0.5, 0.6) is 17.2 Å². The molecule has 10 aromatic rings. The number of nitrogens with zero attached hydrogens (tertiary/aromatic N) is 12. The van der Waals surface area contributed by atoms with Crippen LogP contribution in [0.25, 0.3) is 77.5 Å². The molecule has 65 heavy (non-hydrogen) atoms. The maximum atomic E-state index is 15.2. The molecule has 0 aliphatic rings. The van der Waals surface area contributed by atoms with Gasteiger partial charge in [0, 0.05) is 85.7 Å². The molecule has 0 fully saturated rings. The number of aryl methyl sites for hydroxylation is 6. The summed E-state index contributed by atoms with van der Waals surface area (Å²) >= 11 is 0. The van der Waals surface area contributed by atoms with Crippen molar-refractivity contribution in [2.45, 2.75) is 13.8 Å². The van der Waals surface area contributed by atoms with Gasteiger partial charge in [-0.1, -0.05) is 0 Å². The van der Waals surface area contributed by atoms with Crippen molar-refractivity contribution in [3.63, 3.8) is 0 Å². The highest BCUT2D eigenvalue weighted by atomic mass is 19.1. The zero-order valence-electron chi connectivity index (χ0n) is 39.0. The van der Waals surface area contributed by atoms with Gasteiger partial charge in [0.15, 0.2) is 23.2 Å². The minimum absolute atomic E-state index is 0.318. The van der Waals surface area contributed by atoms with E-state index in [0.29, 0.717) is 60.9 Å². The number of hydrogen-bond acceptors (Lipinski definition) is 11. The average Bonchev–Trinajstić information content (AvgIpc) is 3.97. The standard InChI is InChI=1S/C23H21FN6O3.C22H18F2N6O2/c1-12-15(11-28(2)27-12)13-6-14-17(7-19(13)32-4)26-9-18-21(14)30(23(31)29(18)3)22-16(24)8-25-10-20(22)33-5;1-11-14(10-28(2)27-11)12-5-13-17(6-19(12)32-4)26-9-18-20(13)30(22(31)29(18)3)21-15(23)7-25-8-16(21)24/h6-11H,1-5H3;5-10H,1-4H3/i5D3;. The second kappa shape index (κ2) is 15.8. The number of aromatic nitrogens is 12. The fourth-order valence-electron chi connectivity index (χ4n) is 8.27. The summed E-state index contributed by atoms with van der Waals surface area (Å²) in [5, 5.41) is 9.85. The van der Waals surface area contributed by atoms with E-state index in [0.717, 1.165) is 62.0 Å². The first-order valence-corrected chi connectivity index (χ1v) is 19.6. The summed E-state index contributed by atoms with van der Waals surface area (Å²) in [7, 11) is 6.87. The molecule has 0 aliphatic heterocycles. The van der Waals surface area contributed by atoms with Gasteiger partial charge in [-0.25, -0.2) is 22.8 Å². The number of benzene rings is 2. The fraction of sp³-hybridized carbons (Fsp3) is 0.200. The molecule has 0 spiro atoms. The van der Waals surface area contributed by atoms with Crippen molar-refractivity contribution in [1.29, 1.82) is 0 Å². The molecule has 10 rings (SSSR count). The number of halogens is 3. The first-order chi connectivity index (χ1) is 32.3. The summed E-state index contributed by atoms with van der Waals surface area (Å²) in [5.74, 6) is -2.11. The monoisotopic (exact) mass is 887 g/mol. The molecule has 0 radical (unpaired) electrons. The van der Waals surface area contributed by atoms with Crippen molar-refractivity contribution < 1.29 is 31.5 Å². The number of ether oxygens (including phenoxy) is 3. The number of fused-ring (bicyclic) bond motifs is 6. The molecule has 0 unspecified atom stereocenters. The van der Waals surface area contributed by atoms with E-state index < -0.39 is 47.3 Å². The van der Waals surface area contributed by atoms with Crippen LogP contribution in [-0.4, -0.2) is 79.0 Å². The highest BCUT2D eigenvalue weighted by Gasteiger charge is 2.26. The number of rotatable bonds is 7. The van der Waals surface area contributed by atoms with E-state index in [2.05, 4.69) is 30.1 Å². The molecule has 0 atom stereocenters. The Kier molecular flexibility index (Phi) is 9.34. The van der Waals surface area contributed by atoms with Crippen LogP contribution in [0.4, 0.5) is 13.2 Å². The van der Waals surface area contributed by atoms with E-state index in [4.69, 9.17) is 18.3 Å². The first kappa shape index (κ1) is 38.4. The summed E-state index contributed by atoms with van der Waals surface area (Å²) < 4.78 is 91.3. The molecular weight excluding hydrogens is 846 g/mol. The van der Waals surface area contributed by atoms with Crippen molar-refractivity contribution >= 4 is 43.9 Å². The van der Waals surface area contributed by atoms with Gasteiger partial charge in [0.05, 0.1) is 107 Å². The molecule has 0 N–H and O–H groups in total. The molecular formula is C45H39F3N12O5. The van der Waals surface area contributed by atoms with Gasteiger partial charge in [-0.15, -0.1) is 0 Å². The highest BCUT2D eigenvalue weighted by Crippen LogP contribution is 2.40. The highest BCUT2D eigenvalue weighted by molar-refractivity contribution is 6.07. The molecule has 0 saturated heterocycles. The predicted molar refractivity (Wildman–Crippen MR) is 237 cm³/mol. The van der Waals surface area contributed by atoms with Crippen LogP contribution in [0.15, 0.2) is 83.4 Å². The second-order valence-electron chi connectivity index (χ2n) is 15.1. The number of imidazole rings is 2. The fourth-order valence-corrected chi connectivity index (χ4v) is 8.27. The van der Waals surface area contributed by atoms with Gasteiger partial charge >= 0.3 is 11.4 Å². The quantitative estimate of drug-likeness (QED) is 0.174. The van der Waals surface area contributed by atoms with E-state index in [9.17, 15) is 18.4 Å². The topological polar surface area (TPSA) is 169 Å². The third-order valence-corrected chi connectivity index (χ3v) is 11.2. The first-order valence-electron chi connectivity index (χ1n) is 21.1. The van der Waals surface area contributed by atoms with Crippen molar-refractivity contribution in [2.24, 2.45) is 28.2 Å². The lowest BCUT2D eigenvalue weighted by atomic mass is 10.0. The van der Waals surface area contributed by atoms with Crippen LogP contribution >= 0.6 is 0 Å². The van der Waals surface area contributed by atoms with Gasteiger partial charge in [0.1, 0.15) is 22.9 Å². The third kappa shape index (κ3) is 6.63. The summed E-state index contributed by atoms with van der Waals surface area (Å²) in [6.07, 6.45) is 10.4. The zero-order valence-corrected chi connectivity index (χ0v) is 36.0. The molecule has 17 nitrogen and oxygen atoms in total. The van der Waals surface area contributed by atoms with Gasteiger partial charge in [-0.05, 0) is 26.0 Å². The Morgan fingerprint density at radius 2 is 0.985 bits per heavy atom. The summed E-state index contributed by atoms with van der Waals surface area (Å²) in [4.78, 5) is 42.7. The van der Waals surface area contributed by atoms with Crippen molar-refractivity contribution in [3.05, 3.63) is 124 Å². The van der Waals surface area contributed by atoms with E-state index in [1.165, 1.54) is 42.7 Å². The van der Waals surface area contributed by atoms with E-state index in [1.54, 1.807) is 47.8 Å². The zero-order chi connectivity index (χ0) is 48.7. The minimum Gasteiger partial charge on any atom is -0.496 e. The van der Waals surface area contributed by atoms with Crippen molar-refractivity contribution in [2.75, 3.05) is 21.3 Å². The van der Waals surface area contributed by atoms with Crippen LogP contribution in [0.2, 0.25) is 0 Å². The second-order valence-corrected chi connectivity index (χ2v) is 15.1. The smallest absolute Gasteiger partial charge is 0.333 e. The van der Waals surface area contributed by atoms with Crippen LogP contribution in [0.1, 0.15) is 15.5 Å². The van der Waals surface area contributed by atoms with Gasteiger partial charge in [0.2, 0.25) is 0 Å². The predicted octanol–water partition coefficient (Wildman–Crippen LogP) is 6.41. The molecule has 0 saturated carbocycles. The Balaban J connectivity index is 0.000000171. The van der Waals surface area contributed by atoms with E-state index in [1.807, 2.05) is 33.3 Å². The Morgan fingerprint density at radius 3 is 1.40 bits per heavy atom. The lowest BCUT2D eigenvalue weighted by Crippen LogP contribution is -2.22. The molecule has 20 heteroatoms. The van der Waals surface area contributed by atoms with Crippen molar-refractivity contribution in [3.8, 4) is 50.9 Å². The lowest BCUT2D eigenvalue weighted by Gasteiger charge is -2.13. The van der Waals surface area contributed by atoms with Crippen LogP contribution < -0.4 is 25.6 Å². The SMILES string of the molecule is COc1cc2ncc3c(c2cc1-c1cn(C)nc1C)n(-c1c(F)cncc1F)c(=O)n3C.[2H]C([2H])([2H])Oc1cncc(F)c1-n1c(=O)n(C)c2cnc3cc(OC)c(-c4cn(C)nc4C)cc3c21. The Bertz CT molecular complexity index is 3800. The molecule has 8 aromatic heterocycles. The van der Waals surface area contributed by atoms with Crippen LogP contribution in [0.3, 0.4) is 0 Å². The van der Waals surface area contributed by atoms with Gasteiger partial charge in [0.25, 0.3) is 0 Å². The Labute approximate surface area is 370 Å². The summed E-state index contributed by atoms with van der Waals surface area (Å²) in [6, 6.07) is 7.06. The number of methoxy groups -OCH3 is 3. The van der Waals surface area contributed by atoms with Gasteiger partial charge in [-0.3, -0.25) is 47.6 Å². The number of pyridine rings is 4. The molecule has 0 amide bonds. The molecule has 8 heterocycles.